The van der Waals surface area contributed by atoms with E-state index in [1.165, 1.54) is 43.4 Å². The number of hydrogen-bond acceptors (Lipinski definition) is 14. The Hall–Kier alpha value is -5.79. The number of methoxy groups -OCH3 is 2. The number of likely N-dealkylation sites (N-methyl/N-ethyl adjacent to an activating group) is 2. The number of sulfonamides is 1. The molecule has 19 nitrogen and oxygen atoms in total. The number of benzene rings is 2. The molecule has 1 aliphatic carbocycles. The first kappa shape index (κ1) is 67.0. The van der Waals surface area contributed by atoms with Gasteiger partial charge in [-0.1, -0.05) is 67.0 Å². The van der Waals surface area contributed by atoms with Crippen LogP contribution in [0.1, 0.15) is 112 Å². The molecule has 2 saturated heterocycles. The number of ether oxygens (including phenoxy) is 4. The van der Waals surface area contributed by atoms with Crippen molar-refractivity contribution in [3.05, 3.63) is 58.9 Å². The topological polar surface area (TPSA) is 228 Å². The van der Waals surface area contributed by atoms with Gasteiger partial charge in [0.25, 0.3) is 5.91 Å². The van der Waals surface area contributed by atoms with Gasteiger partial charge in [0.15, 0.2) is 5.78 Å². The van der Waals surface area contributed by atoms with Crippen LogP contribution in [0, 0.1) is 64.6 Å². The van der Waals surface area contributed by atoms with Crippen LogP contribution >= 0.6 is 0 Å². The molecule has 2 aliphatic heterocycles. The quantitative estimate of drug-likeness (QED) is 0.0317. The summed E-state index contributed by atoms with van der Waals surface area (Å²) in [6.45, 7) is 13.4. The zero-order valence-electron chi connectivity index (χ0n) is 48.9. The van der Waals surface area contributed by atoms with Gasteiger partial charge in [0.2, 0.25) is 62.6 Å². The van der Waals surface area contributed by atoms with Crippen molar-refractivity contribution in [1.29, 1.82) is 0 Å². The van der Waals surface area contributed by atoms with Crippen molar-refractivity contribution in [1.82, 2.24) is 29.6 Å². The Labute approximate surface area is 477 Å². The monoisotopic (exact) mass is 1180 g/mol. The molecule has 0 spiro atoms. The van der Waals surface area contributed by atoms with Gasteiger partial charge in [-0.3, -0.25) is 38.4 Å². The number of ketones is 1. The van der Waals surface area contributed by atoms with Gasteiger partial charge in [-0.15, -0.1) is 0 Å². The van der Waals surface area contributed by atoms with Crippen molar-refractivity contribution in [2.24, 2.45) is 35.5 Å². The minimum Gasteiger partial charge on any atom is -0.420 e. The zero-order valence-corrected chi connectivity index (χ0v) is 49.7. The highest BCUT2D eigenvalue weighted by Gasteiger charge is 2.45. The molecular formula is C57H81F5N6O13S. The van der Waals surface area contributed by atoms with Crippen LogP contribution in [0.25, 0.3) is 0 Å². The molecule has 5 amide bonds. The van der Waals surface area contributed by atoms with E-state index in [9.17, 15) is 63.9 Å². The molecule has 3 aliphatic rings. The van der Waals surface area contributed by atoms with Crippen molar-refractivity contribution in [2.45, 2.75) is 154 Å². The van der Waals surface area contributed by atoms with Crippen LogP contribution in [0.4, 0.5) is 26.7 Å². The normalized spacial score (nSPS) is 19.0. The minimum absolute atomic E-state index is 0.0251. The number of rotatable bonds is 27. The number of amides is 5. The number of Topliss-reactive ketones (excluding diaryl/α,β-unsaturated/α-hetero) is 1. The molecule has 1 unspecified atom stereocenters. The molecule has 9 atom stereocenters. The Morgan fingerprint density at radius 1 is 0.732 bits per heavy atom. The van der Waals surface area contributed by atoms with Gasteiger partial charge in [0, 0.05) is 59.7 Å². The Kier molecular flexibility index (Phi) is 23.8. The maximum Gasteiger partial charge on any atom is 0.415 e. The van der Waals surface area contributed by atoms with E-state index in [0.717, 1.165) is 0 Å². The molecule has 0 bridgehead atoms. The van der Waals surface area contributed by atoms with Crippen molar-refractivity contribution in [2.75, 3.05) is 55.0 Å². The lowest BCUT2D eigenvalue weighted by molar-refractivity contribution is -0.149. The molecule has 2 aromatic carbocycles. The minimum atomic E-state index is -4.08. The Morgan fingerprint density at radius 3 is 1.83 bits per heavy atom. The van der Waals surface area contributed by atoms with E-state index < -0.39 is 122 Å². The molecule has 0 aromatic heterocycles. The molecular weight excluding hydrogens is 1100 g/mol. The molecule has 5 rings (SSSR count). The van der Waals surface area contributed by atoms with Gasteiger partial charge in [-0.25, -0.2) is 26.4 Å². The predicted octanol–water partition coefficient (Wildman–Crippen LogP) is 6.57. The fourth-order valence-corrected chi connectivity index (χ4v) is 12.6. The lowest BCUT2D eigenvalue weighted by atomic mass is 9.83. The summed E-state index contributed by atoms with van der Waals surface area (Å²) in [5, 5.41) is 1.94. The summed E-state index contributed by atoms with van der Waals surface area (Å²) in [6, 6.07) is 2.78. The highest BCUT2D eigenvalue weighted by atomic mass is 32.2. The largest absolute Gasteiger partial charge is 0.420 e. The SMILES string of the molecule is CC[C@H](C)C([C@@H](CC(=O)N1CCC[C@H]1[C@H](OC)[C@@H](C)C(=O)N[C@@H](Cc1ccc(OC(=O)N2CCC(C(=O)Oc3c(F)c(F)c(F)c(F)c3F)CC2)cc1)C(=O)NS(=O)(=O)C1CC1)OC)N(C)C(=O)[C@@H](CC(=O)[C@H](C(C)C)N(C)C)C(C)C. The third kappa shape index (κ3) is 16.3. The number of hydrogen-bond donors (Lipinski definition) is 2. The highest BCUT2D eigenvalue weighted by Crippen LogP contribution is 2.34. The van der Waals surface area contributed by atoms with E-state index >= 15 is 0 Å². The molecule has 2 N–H and O–H groups in total. The summed E-state index contributed by atoms with van der Waals surface area (Å²) in [7, 11) is 4.21. The summed E-state index contributed by atoms with van der Waals surface area (Å²) < 4.78 is 119. The molecule has 1 saturated carbocycles. The summed E-state index contributed by atoms with van der Waals surface area (Å²) in [5.41, 5.74) is 0.411. The first-order valence-electron chi connectivity index (χ1n) is 27.9. The number of carbonyl (C=O) groups excluding carboxylic acids is 7. The van der Waals surface area contributed by atoms with Gasteiger partial charge in [0.05, 0.1) is 53.8 Å². The average molecular weight is 1190 g/mol. The van der Waals surface area contributed by atoms with E-state index in [2.05, 4.69) is 14.8 Å². The van der Waals surface area contributed by atoms with Crippen LogP contribution in [-0.2, 0) is 54.7 Å². The molecule has 458 valence electrons. The molecule has 82 heavy (non-hydrogen) atoms. The number of nitrogens with one attached hydrogen (secondary N) is 2. The fraction of sp³-hybridized carbons (Fsp3) is 0.667. The van der Waals surface area contributed by atoms with Crippen molar-refractivity contribution in [3.8, 4) is 11.5 Å². The van der Waals surface area contributed by atoms with Crippen LogP contribution in [0.15, 0.2) is 24.3 Å². The fourth-order valence-electron chi connectivity index (χ4n) is 11.2. The lowest BCUT2D eigenvalue weighted by Gasteiger charge is -2.41. The van der Waals surface area contributed by atoms with E-state index in [4.69, 9.17) is 14.2 Å². The third-order valence-electron chi connectivity index (χ3n) is 16.2. The van der Waals surface area contributed by atoms with Crippen LogP contribution in [0.2, 0.25) is 0 Å². The van der Waals surface area contributed by atoms with Gasteiger partial charge in [-0.2, -0.15) is 8.78 Å². The van der Waals surface area contributed by atoms with E-state index in [1.54, 1.807) is 23.8 Å². The standard InChI is InChI=1S/C57H81F5N6O13S/c1-13-32(6)50(66(10)55(73)38(30(2)3)28-41(69)49(31(4)5)65(8)9)42(78-11)29-43(70)68-24-14-15-40(68)51(79-12)33(7)53(71)63-39(54(72)64-82(76,77)37-20-21-37)27-34-16-18-36(19-17-34)80-57(75)67-25-22-35(23-26-67)56(74)81-52-47(61)45(59)44(58)46(60)48(52)62/h16-19,30-33,35,37-40,42,49-51H,13-15,20-29H2,1-12H3,(H,63,71)(H,64,72)/t32-,33+,38-,39-,40-,42+,49-,50?,51+/m0/s1. The van der Waals surface area contributed by atoms with Gasteiger partial charge < -0.3 is 39.0 Å². The van der Waals surface area contributed by atoms with Crippen LogP contribution in [-0.4, -0.2) is 166 Å². The predicted molar refractivity (Wildman–Crippen MR) is 291 cm³/mol. The maximum absolute atomic E-state index is 14.5. The summed E-state index contributed by atoms with van der Waals surface area (Å²) in [6.07, 6.45) is -0.602. The number of likely N-dealkylation sites (tertiary alicyclic amines) is 2. The Balaban J connectivity index is 1.25. The zero-order chi connectivity index (χ0) is 61.2. The number of nitrogens with zero attached hydrogens (tertiary/aromatic N) is 4. The second-order valence-electron chi connectivity index (χ2n) is 22.8. The van der Waals surface area contributed by atoms with Crippen LogP contribution in [0.5, 0.6) is 11.5 Å². The second-order valence-corrected chi connectivity index (χ2v) is 24.8. The first-order valence-corrected chi connectivity index (χ1v) is 29.5. The summed E-state index contributed by atoms with van der Waals surface area (Å²) >= 11 is 0. The first-order chi connectivity index (χ1) is 38.5. The number of carbonyl (C=O) groups is 7. The number of halogens is 5. The molecule has 25 heteroatoms. The van der Waals surface area contributed by atoms with E-state index in [1.807, 2.05) is 60.5 Å². The average Bonchev–Trinajstić information content (AvgIpc) is 4.29. The van der Waals surface area contributed by atoms with Gasteiger partial charge in [0.1, 0.15) is 11.8 Å². The van der Waals surface area contributed by atoms with E-state index in [0.29, 0.717) is 44.2 Å². The van der Waals surface area contributed by atoms with Crippen molar-refractivity contribution < 1.29 is 82.9 Å². The molecule has 0 radical (unpaired) electrons. The van der Waals surface area contributed by atoms with Gasteiger partial charge in [-0.05, 0) is 88.1 Å². The molecule has 3 fully saturated rings. The summed E-state index contributed by atoms with van der Waals surface area (Å²) in [4.78, 5) is 103. The van der Waals surface area contributed by atoms with Crippen LogP contribution in [0.3, 0.4) is 0 Å². The summed E-state index contributed by atoms with van der Waals surface area (Å²) in [5.74, 6) is -19.7. The number of piperidine rings is 1. The lowest BCUT2D eigenvalue weighted by Crippen LogP contribution is -2.55. The Bertz CT molecular complexity index is 2690. The van der Waals surface area contributed by atoms with E-state index in [-0.39, 0.29) is 92.3 Å². The Morgan fingerprint density at radius 2 is 1.32 bits per heavy atom. The van der Waals surface area contributed by atoms with Crippen molar-refractivity contribution >= 4 is 51.5 Å². The number of esters is 1. The van der Waals surface area contributed by atoms with Crippen LogP contribution < -0.4 is 19.5 Å². The maximum atomic E-state index is 14.5. The molecule has 2 heterocycles. The van der Waals surface area contributed by atoms with Crippen molar-refractivity contribution in [3.63, 3.8) is 0 Å². The second kappa shape index (κ2) is 29.1. The molecule has 2 aromatic rings. The third-order valence-corrected chi connectivity index (χ3v) is 18.0. The van der Waals surface area contributed by atoms with Gasteiger partial charge >= 0.3 is 12.1 Å². The highest BCUT2D eigenvalue weighted by molar-refractivity contribution is 7.90. The smallest absolute Gasteiger partial charge is 0.415 e.